The van der Waals surface area contributed by atoms with Gasteiger partial charge < -0.3 is 10.5 Å². The van der Waals surface area contributed by atoms with Gasteiger partial charge in [-0.15, -0.1) is 11.3 Å². The second-order valence-corrected chi connectivity index (χ2v) is 5.81. The topological polar surface area (TPSA) is 35.2 Å². The molecule has 1 heterocycles. The minimum absolute atomic E-state index is 0.181. The molecule has 0 aliphatic carbocycles. The van der Waals surface area contributed by atoms with Gasteiger partial charge in [0.25, 0.3) is 0 Å². The molecule has 0 aliphatic rings. The lowest BCUT2D eigenvalue weighted by molar-refractivity contribution is 0.292. The van der Waals surface area contributed by atoms with Crippen molar-refractivity contribution in [3.8, 4) is 5.75 Å². The standard InChI is InChI=1S/C13H13BrFNOS/c1-8(16)9-2-3-12(11(15)6-9)17-7-13-10(14)4-5-18-13/h2-6,8H,7,16H2,1H3. The lowest BCUT2D eigenvalue weighted by Gasteiger charge is -2.10. The van der Waals surface area contributed by atoms with Gasteiger partial charge in [-0.05, 0) is 52.0 Å². The van der Waals surface area contributed by atoms with E-state index in [2.05, 4.69) is 15.9 Å². The van der Waals surface area contributed by atoms with Crippen molar-refractivity contribution in [3.63, 3.8) is 0 Å². The number of rotatable bonds is 4. The van der Waals surface area contributed by atoms with Crippen LogP contribution < -0.4 is 10.5 Å². The molecule has 96 valence electrons. The lowest BCUT2D eigenvalue weighted by atomic mass is 10.1. The normalized spacial score (nSPS) is 12.4. The molecule has 1 atom stereocenters. The van der Waals surface area contributed by atoms with E-state index < -0.39 is 0 Å². The minimum atomic E-state index is -0.377. The van der Waals surface area contributed by atoms with Crippen LogP contribution in [0.1, 0.15) is 23.4 Å². The molecule has 0 saturated carbocycles. The molecule has 0 saturated heterocycles. The van der Waals surface area contributed by atoms with Gasteiger partial charge in [0.05, 0.1) is 4.88 Å². The molecule has 0 fully saturated rings. The third-order valence-corrected chi connectivity index (χ3v) is 4.43. The minimum Gasteiger partial charge on any atom is -0.485 e. The maximum Gasteiger partial charge on any atom is 0.165 e. The Bertz CT molecular complexity index is 542. The zero-order valence-corrected chi connectivity index (χ0v) is 12.2. The average Bonchev–Trinajstić information content (AvgIpc) is 2.73. The van der Waals surface area contributed by atoms with E-state index in [1.54, 1.807) is 23.5 Å². The van der Waals surface area contributed by atoms with Gasteiger partial charge in [0.15, 0.2) is 11.6 Å². The fourth-order valence-corrected chi connectivity index (χ4v) is 2.87. The molecular formula is C13H13BrFNOS. The number of benzene rings is 1. The number of halogens is 2. The first-order valence-corrected chi connectivity index (χ1v) is 7.15. The predicted molar refractivity (Wildman–Crippen MR) is 75.4 cm³/mol. The summed E-state index contributed by atoms with van der Waals surface area (Å²) in [6.45, 7) is 2.17. The Labute approximate surface area is 118 Å². The molecule has 1 aromatic carbocycles. The van der Waals surface area contributed by atoms with Crippen LogP contribution in [0.15, 0.2) is 34.1 Å². The van der Waals surface area contributed by atoms with Gasteiger partial charge in [-0.25, -0.2) is 4.39 Å². The first kappa shape index (κ1) is 13.5. The van der Waals surface area contributed by atoms with Gasteiger partial charge in [0, 0.05) is 10.5 Å². The number of nitrogens with two attached hydrogens (primary N) is 1. The summed E-state index contributed by atoms with van der Waals surface area (Å²) in [5, 5.41) is 1.96. The summed E-state index contributed by atoms with van der Waals surface area (Å²) < 4.78 is 20.2. The highest BCUT2D eigenvalue weighted by atomic mass is 79.9. The SMILES string of the molecule is CC(N)c1ccc(OCc2sccc2Br)c(F)c1. The van der Waals surface area contributed by atoms with Gasteiger partial charge in [-0.3, -0.25) is 0 Å². The molecule has 2 N–H and O–H groups in total. The fourth-order valence-electron chi connectivity index (χ4n) is 1.49. The van der Waals surface area contributed by atoms with Crippen molar-refractivity contribution in [1.29, 1.82) is 0 Å². The summed E-state index contributed by atoms with van der Waals surface area (Å²) in [6.07, 6.45) is 0. The maximum absolute atomic E-state index is 13.8. The Morgan fingerprint density at radius 2 is 2.22 bits per heavy atom. The molecule has 5 heteroatoms. The van der Waals surface area contributed by atoms with Crippen LogP contribution >= 0.6 is 27.3 Å². The fraction of sp³-hybridized carbons (Fsp3) is 0.231. The Balaban J connectivity index is 2.08. The molecule has 18 heavy (non-hydrogen) atoms. The summed E-state index contributed by atoms with van der Waals surface area (Å²) in [5.74, 6) is -0.128. The van der Waals surface area contributed by atoms with Crippen LogP contribution in [-0.4, -0.2) is 0 Å². The van der Waals surface area contributed by atoms with Crippen LogP contribution in [0.25, 0.3) is 0 Å². The summed E-state index contributed by atoms with van der Waals surface area (Å²) in [7, 11) is 0. The van der Waals surface area contributed by atoms with E-state index in [1.807, 2.05) is 18.4 Å². The average molecular weight is 330 g/mol. The Hall–Kier alpha value is -0.910. The smallest absolute Gasteiger partial charge is 0.165 e. The van der Waals surface area contributed by atoms with Crippen LogP contribution in [-0.2, 0) is 6.61 Å². The zero-order valence-electron chi connectivity index (χ0n) is 9.82. The molecule has 0 spiro atoms. The zero-order chi connectivity index (χ0) is 13.1. The van der Waals surface area contributed by atoms with Crippen molar-refractivity contribution in [2.24, 2.45) is 5.73 Å². The summed E-state index contributed by atoms with van der Waals surface area (Å²) in [6, 6.07) is 6.59. The second-order valence-electron chi connectivity index (χ2n) is 3.96. The van der Waals surface area contributed by atoms with E-state index in [0.29, 0.717) is 6.61 Å². The highest BCUT2D eigenvalue weighted by Gasteiger charge is 2.09. The summed E-state index contributed by atoms with van der Waals surface area (Å²) >= 11 is 4.98. The molecular weight excluding hydrogens is 317 g/mol. The van der Waals surface area contributed by atoms with Crippen molar-refractivity contribution in [1.82, 2.24) is 0 Å². The molecule has 0 bridgehead atoms. The highest BCUT2D eigenvalue weighted by Crippen LogP contribution is 2.26. The molecule has 2 aromatic rings. The molecule has 1 unspecified atom stereocenters. The van der Waals surface area contributed by atoms with Gasteiger partial charge in [-0.1, -0.05) is 6.07 Å². The number of ether oxygens (including phenoxy) is 1. The predicted octanol–water partition coefficient (Wildman–Crippen LogP) is 4.25. The van der Waals surface area contributed by atoms with Crippen molar-refractivity contribution < 1.29 is 9.13 Å². The molecule has 0 aliphatic heterocycles. The van der Waals surface area contributed by atoms with Crippen LogP contribution in [0.3, 0.4) is 0 Å². The van der Waals surface area contributed by atoms with Gasteiger partial charge in [0.2, 0.25) is 0 Å². The van der Waals surface area contributed by atoms with E-state index >= 15 is 0 Å². The Morgan fingerprint density at radius 1 is 1.44 bits per heavy atom. The van der Waals surface area contributed by atoms with E-state index in [0.717, 1.165) is 14.9 Å². The Kier molecular flexibility index (Phi) is 4.37. The second kappa shape index (κ2) is 5.82. The van der Waals surface area contributed by atoms with Crippen LogP contribution in [0.2, 0.25) is 0 Å². The number of hydrogen-bond acceptors (Lipinski definition) is 3. The molecule has 1 aromatic heterocycles. The van der Waals surface area contributed by atoms with Gasteiger partial charge in [-0.2, -0.15) is 0 Å². The van der Waals surface area contributed by atoms with Gasteiger partial charge in [0.1, 0.15) is 6.61 Å². The first-order chi connectivity index (χ1) is 8.58. The van der Waals surface area contributed by atoms with Crippen LogP contribution in [0.4, 0.5) is 4.39 Å². The lowest BCUT2D eigenvalue weighted by Crippen LogP contribution is -2.05. The molecule has 0 amide bonds. The van der Waals surface area contributed by atoms with Crippen molar-refractivity contribution >= 4 is 27.3 Å². The Morgan fingerprint density at radius 3 is 2.78 bits per heavy atom. The van der Waals surface area contributed by atoms with E-state index in [9.17, 15) is 4.39 Å². The molecule has 2 nitrogen and oxygen atoms in total. The number of thiophene rings is 1. The monoisotopic (exact) mass is 329 g/mol. The quantitative estimate of drug-likeness (QED) is 0.910. The van der Waals surface area contributed by atoms with Crippen LogP contribution in [0, 0.1) is 5.82 Å². The first-order valence-electron chi connectivity index (χ1n) is 5.47. The molecule has 2 rings (SSSR count). The van der Waals surface area contributed by atoms with Crippen LogP contribution in [0.5, 0.6) is 5.75 Å². The third-order valence-electron chi connectivity index (χ3n) is 2.53. The number of hydrogen-bond donors (Lipinski definition) is 1. The largest absolute Gasteiger partial charge is 0.485 e. The molecule has 0 radical (unpaired) electrons. The summed E-state index contributed by atoms with van der Waals surface area (Å²) in [5.41, 5.74) is 6.45. The summed E-state index contributed by atoms with van der Waals surface area (Å²) in [4.78, 5) is 1.03. The van der Waals surface area contributed by atoms with Gasteiger partial charge >= 0.3 is 0 Å². The van der Waals surface area contributed by atoms with Crippen molar-refractivity contribution in [2.45, 2.75) is 19.6 Å². The van der Waals surface area contributed by atoms with E-state index in [4.69, 9.17) is 10.5 Å². The van der Waals surface area contributed by atoms with E-state index in [1.165, 1.54) is 6.07 Å². The maximum atomic E-state index is 13.8. The van der Waals surface area contributed by atoms with Crippen molar-refractivity contribution in [3.05, 3.63) is 50.4 Å². The third kappa shape index (κ3) is 3.10. The van der Waals surface area contributed by atoms with Crippen molar-refractivity contribution in [2.75, 3.05) is 0 Å². The highest BCUT2D eigenvalue weighted by molar-refractivity contribution is 9.10. The van der Waals surface area contributed by atoms with E-state index in [-0.39, 0.29) is 17.6 Å².